The molecule has 0 bridgehead atoms. The van der Waals surface area contributed by atoms with Gasteiger partial charge in [-0.3, -0.25) is 9.78 Å². The van der Waals surface area contributed by atoms with Crippen LogP contribution in [0.5, 0.6) is 0 Å². The molecule has 0 aliphatic carbocycles. The summed E-state index contributed by atoms with van der Waals surface area (Å²) in [5.41, 5.74) is 0.641. The minimum absolute atomic E-state index is 0.0164. The fourth-order valence-corrected chi connectivity index (χ4v) is 1.55. The van der Waals surface area contributed by atoms with Gasteiger partial charge in [0.2, 0.25) is 5.90 Å². The van der Waals surface area contributed by atoms with Gasteiger partial charge in [-0.25, -0.2) is 4.99 Å². The van der Waals surface area contributed by atoms with Gasteiger partial charge in [0.05, 0.1) is 6.42 Å². The van der Waals surface area contributed by atoms with Crippen LogP contribution in [0.3, 0.4) is 0 Å². The first-order valence-electron chi connectivity index (χ1n) is 5.04. The molecular weight excluding hydrogens is 208 g/mol. The van der Waals surface area contributed by atoms with E-state index in [1.807, 2.05) is 13.0 Å². The number of rotatable bonds is 3. The van der Waals surface area contributed by atoms with E-state index in [9.17, 15) is 4.79 Å². The van der Waals surface area contributed by atoms with Crippen LogP contribution in [0.25, 0.3) is 0 Å². The van der Waals surface area contributed by atoms with Crippen LogP contribution in [0.1, 0.15) is 19.0 Å². The Hall–Kier alpha value is -1.91. The number of aliphatic carboxylic acids is 1. The summed E-state index contributed by atoms with van der Waals surface area (Å²) in [6, 6.07) is 5.10. The summed E-state index contributed by atoms with van der Waals surface area (Å²) in [5.74, 6) is -0.439. The molecule has 1 N–H and O–H groups in total. The predicted octanol–water partition coefficient (Wildman–Crippen LogP) is 1.09. The van der Waals surface area contributed by atoms with Gasteiger partial charge >= 0.3 is 5.97 Å². The van der Waals surface area contributed by atoms with Crippen molar-refractivity contribution >= 4 is 11.9 Å². The van der Waals surface area contributed by atoms with E-state index in [2.05, 4.69) is 9.98 Å². The Morgan fingerprint density at radius 3 is 3.00 bits per heavy atom. The highest BCUT2D eigenvalue weighted by Crippen LogP contribution is 2.19. The minimum atomic E-state index is -0.869. The van der Waals surface area contributed by atoms with Crippen molar-refractivity contribution in [3.8, 4) is 0 Å². The first kappa shape index (κ1) is 10.6. The van der Waals surface area contributed by atoms with Gasteiger partial charge in [0, 0.05) is 6.20 Å². The van der Waals surface area contributed by atoms with Crippen LogP contribution < -0.4 is 0 Å². The predicted molar refractivity (Wildman–Crippen MR) is 57.4 cm³/mol. The van der Waals surface area contributed by atoms with Crippen LogP contribution in [-0.4, -0.2) is 34.1 Å². The lowest BCUT2D eigenvalue weighted by molar-refractivity contribution is -0.137. The van der Waals surface area contributed by atoms with E-state index in [0.29, 0.717) is 11.6 Å². The fraction of sp³-hybridized carbons (Fsp3) is 0.364. The molecule has 1 aromatic heterocycles. The molecule has 5 nitrogen and oxygen atoms in total. The minimum Gasteiger partial charge on any atom is -0.481 e. The number of carboxylic acid groups (broad SMARTS) is 1. The second-order valence-electron chi connectivity index (χ2n) is 3.64. The molecule has 0 saturated heterocycles. The van der Waals surface area contributed by atoms with Gasteiger partial charge in [-0.1, -0.05) is 6.07 Å². The third-order valence-corrected chi connectivity index (χ3v) is 2.39. The van der Waals surface area contributed by atoms with Crippen LogP contribution >= 0.6 is 0 Å². The second kappa shape index (κ2) is 4.30. The molecule has 16 heavy (non-hydrogen) atoms. The molecule has 2 rings (SSSR count). The van der Waals surface area contributed by atoms with Crippen molar-refractivity contribution in [3.63, 3.8) is 0 Å². The van der Waals surface area contributed by atoms with Crippen molar-refractivity contribution in [3.05, 3.63) is 30.1 Å². The average molecular weight is 220 g/mol. The SMILES string of the molecule is C[C@@H]1OC(c2ccccn2)=N[C@H]1CC(=O)O. The van der Waals surface area contributed by atoms with Gasteiger partial charge in [-0.05, 0) is 19.1 Å². The molecule has 1 aliphatic rings. The van der Waals surface area contributed by atoms with E-state index in [4.69, 9.17) is 9.84 Å². The van der Waals surface area contributed by atoms with E-state index in [-0.39, 0.29) is 18.6 Å². The van der Waals surface area contributed by atoms with Gasteiger partial charge in [-0.2, -0.15) is 0 Å². The molecule has 1 aromatic rings. The van der Waals surface area contributed by atoms with Crippen molar-refractivity contribution < 1.29 is 14.6 Å². The second-order valence-corrected chi connectivity index (χ2v) is 3.64. The number of ether oxygens (including phenoxy) is 1. The number of nitrogens with zero attached hydrogens (tertiary/aromatic N) is 2. The average Bonchev–Trinajstić information content (AvgIpc) is 2.61. The number of carbonyl (C=O) groups is 1. The molecule has 0 saturated carbocycles. The maximum atomic E-state index is 10.6. The van der Waals surface area contributed by atoms with Crippen LogP contribution in [-0.2, 0) is 9.53 Å². The van der Waals surface area contributed by atoms with Gasteiger partial charge < -0.3 is 9.84 Å². The van der Waals surface area contributed by atoms with Crippen molar-refractivity contribution in [2.45, 2.75) is 25.5 Å². The zero-order valence-electron chi connectivity index (χ0n) is 8.83. The monoisotopic (exact) mass is 220 g/mol. The first-order valence-corrected chi connectivity index (χ1v) is 5.04. The summed E-state index contributed by atoms with van der Waals surface area (Å²) >= 11 is 0. The molecule has 0 amide bonds. The van der Waals surface area contributed by atoms with E-state index < -0.39 is 5.97 Å². The Bertz CT molecular complexity index is 416. The smallest absolute Gasteiger partial charge is 0.305 e. The number of carboxylic acids is 1. The largest absolute Gasteiger partial charge is 0.481 e. The molecule has 5 heteroatoms. The van der Waals surface area contributed by atoms with E-state index in [1.165, 1.54) is 0 Å². The van der Waals surface area contributed by atoms with Crippen LogP contribution in [0.4, 0.5) is 0 Å². The van der Waals surface area contributed by atoms with Gasteiger partial charge in [0.25, 0.3) is 0 Å². The lowest BCUT2D eigenvalue weighted by Crippen LogP contribution is -2.21. The lowest BCUT2D eigenvalue weighted by Gasteiger charge is -2.09. The van der Waals surface area contributed by atoms with E-state index >= 15 is 0 Å². The molecular formula is C11H12N2O3. The number of hydrogen-bond donors (Lipinski definition) is 1. The molecule has 0 radical (unpaired) electrons. The van der Waals surface area contributed by atoms with Gasteiger partial charge in [-0.15, -0.1) is 0 Å². The van der Waals surface area contributed by atoms with Gasteiger partial charge in [0.15, 0.2) is 0 Å². The summed E-state index contributed by atoms with van der Waals surface area (Å²) < 4.78 is 5.48. The molecule has 2 atom stereocenters. The summed E-state index contributed by atoms with van der Waals surface area (Å²) in [6.07, 6.45) is 1.42. The number of hydrogen-bond acceptors (Lipinski definition) is 4. The summed E-state index contributed by atoms with van der Waals surface area (Å²) in [6.45, 7) is 1.81. The van der Waals surface area contributed by atoms with Gasteiger partial charge in [0.1, 0.15) is 17.8 Å². The van der Waals surface area contributed by atoms with E-state index in [1.54, 1.807) is 18.3 Å². The molecule has 1 aliphatic heterocycles. The number of aromatic nitrogens is 1. The third-order valence-electron chi connectivity index (χ3n) is 2.39. The Kier molecular flexibility index (Phi) is 2.85. The Labute approximate surface area is 92.8 Å². The van der Waals surface area contributed by atoms with Crippen molar-refractivity contribution in [2.24, 2.45) is 4.99 Å². The molecule has 0 unspecified atom stereocenters. The maximum Gasteiger partial charge on any atom is 0.305 e. The van der Waals surface area contributed by atoms with Crippen LogP contribution in [0, 0.1) is 0 Å². The Balaban J connectivity index is 2.16. The molecule has 84 valence electrons. The van der Waals surface area contributed by atoms with Crippen LogP contribution in [0.15, 0.2) is 29.4 Å². The first-order chi connectivity index (χ1) is 7.66. The maximum absolute atomic E-state index is 10.6. The Morgan fingerprint density at radius 1 is 1.56 bits per heavy atom. The highest BCUT2D eigenvalue weighted by Gasteiger charge is 2.30. The fourth-order valence-electron chi connectivity index (χ4n) is 1.55. The summed E-state index contributed by atoms with van der Waals surface area (Å²) in [5, 5.41) is 8.71. The molecule has 0 fully saturated rings. The lowest BCUT2D eigenvalue weighted by atomic mass is 10.1. The molecule has 2 heterocycles. The van der Waals surface area contributed by atoms with Crippen molar-refractivity contribution in [1.29, 1.82) is 0 Å². The topological polar surface area (TPSA) is 71.8 Å². The Morgan fingerprint density at radius 2 is 2.38 bits per heavy atom. The molecule has 0 spiro atoms. The third kappa shape index (κ3) is 2.18. The summed E-state index contributed by atoms with van der Waals surface area (Å²) in [7, 11) is 0. The van der Waals surface area contributed by atoms with Crippen molar-refractivity contribution in [2.75, 3.05) is 0 Å². The standard InChI is InChI=1S/C11H12N2O3/c1-7-9(6-10(14)15)13-11(16-7)8-4-2-3-5-12-8/h2-5,7,9H,6H2,1H3,(H,14,15)/t7-,9-/m0/s1. The normalized spacial score (nSPS) is 23.7. The van der Waals surface area contributed by atoms with E-state index in [0.717, 1.165) is 0 Å². The van der Waals surface area contributed by atoms with Crippen LogP contribution in [0.2, 0.25) is 0 Å². The quantitative estimate of drug-likeness (QED) is 0.827. The molecule has 0 aromatic carbocycles. The number of pyridine rings is 1. The highest BCUT2D eigenvalue weighted by molar-refractivity contribution is 5.93. The number of aliphatic imine (C=N–C) groups is 1. The summed E-state index contributed by atoms with van der Waals surface area (Å²) in [4.78, 5) is 18.9. The zero-order chi connectivity index (χ0) is 11.5. The highest BCUT2D eigenvalue weighted by atomic mass is 16.5. The van der Waals surface area contributed by atoms with Crippen molar-refractivity contribution in [1.82, 2.24) is 4.98 Å². The zero-order valence-corrected chi connectivity index (χ0v) is 8.83.